The van der Waals surface area contributed by atoms with Gasteiger partial charge in [0.05, 0.1) is 26.7 Å². The van der Waals surface area contributed by atoms with Crippen molar-refractivity contribution in [2.75, 3.05) is 26.9 Å². The number of ether oxygens (including phenoxy) is 3. The Labute approximate surface area is 234 Å². The molecule has 0 bridgehead atoms. The molecule has 232 valence electrons. The molecule has 0 saturated carbocycles. The molecule has 2 amide bonds. The highest BCUT2D eigenvalue weighted by molar-refractivity contribution is 5.88. The van der Waals surface area contributed by atoms with Crippen LogP contribution in [0.15, 0.2) is 0 Å². The summed E-state index contributed by atoms with van der Waals surface area (Å²) in [5, 5.41) is 53.2. The quantitative estimate of drug-likeness (QED) is 0.0666. The summed E-state index contributed by atoms with van der Waals surface area (Å²) in [7, 11) is 1.39. The van der Waals surface area contributed by atoms with Crippen molar-refractivity contribution in [2.45, 2.75) is 114 Å². The summed E-state index contributed by atoms with van der Waals surface area (Å²) in [6.45, 7) is -0.793. The molecular weight excluding hydrogens is 532 g/mol. The molecule has 1 saturated heterocycles. The number of aliphatic hydroxyl groups is 4. The standard InChI is InChI=1S/C26H46N2O12/c1-38-21(33)11-9-7-5-3-2-4-6-8-10-14-27-25(37)17(28-19(30)12-13-20(31)32)16-39-26-24(36)23(35)22(34)18(15-29)40-26/h17-18,22-24,26,29,34-36H,2-16H2,1H3,(H,27,37)(H,28,30)(H,31,32)/t17?,18-,22+,23+,24-,26-/m1/s1. The fraction of sp³-hybridized carbons (Fsp3) is 0.846. The van der Waals surface area contributed by atoms with Crippen molar-refractivity contribution >= 4 is 23.8 Å². The monoisotopic (exact) mass is 578 g/mol. The second-order valence-electron chi connectivity index (χ2n) is 9.84. The minimum atomic E-state index is -1.68. The van der Waals surface area contributed by atoms with Crippen LogP contribution in [-0.2, 0) is 33.4 Å². The lowest BCUT2D eigenvalue weighted by Gasteiger charge is -2.39. The molecule has 0 aromatic rings. The number of amides is 2. The van der Waals surface area contributed by atoms with Crippen molar-refractivity contribution in [3.05, 3.63) is 0 Å². The van der Waals surface area contributed by atoms with Crippen molar-refractivity contribution in [1.82, 2.24) is 10.6 Å². The number of methoxy groups -OCH3 is 1. The molecule has 1 rings (SSSR count). The van der Waals surface area contributed by atoms with Gasteiger partial charge in [-0.25, -0.2) is 0 Å². The molecule has 0 aliphatic carbocycles. The van der Waals surface area contributed by atoms with Crippen LogP contribution in [0.1, 0.15) is 77.0 Å². The Bertz CT molecular complexity index is 766. The number of carboxylic acid groups (broad SMARTS) is 1. The average Bonchev–Trinajstić information content (AvgIpc) is 2.93. The molecule has 1 unspecified atom stereocenters. The zero-order valence-corrected chi connectivity index (χ0v) is 23.2. The summed E-state index contributed by atoms with van der Waals surface area (Å²) in [6, 6.07) is -1.24. The van der Waals surface area contributed by atoms with Gasteiger partial charge in [0.25, 0.3) is 0 Å². The Morgan fingerprint density at radius 2 is 1.43 bits per heavy atom. The third kappa shape index (κ3) is 14.3. The lowest BCUT2D eigenvalue weighted by molar-refractivity contribution is -0.301. The second-order valence-corrected chi connectivity index (χ2v) is 9.84. The molecule has 0 radical (unpaired) electrons. The molecule has 6 atom stereocenters. The maximum atomic E-state index is 12.7. The molecule has 0 aromatic carbocycles. The van der Waals surface area contributed by atoms with Crippen LogP contribution in [0.4, 0.5) is 0 Å². The van der Waals surface area contributed by atoms with E-state index in [1.54, 1.807) is 0 Å². The largest absolute Gasteiger partial charge is 0.481 e. The van der Waals surface area contributed by atoms with Gasteiger partial charge in [-0.05, 0) is 12.8 Å². The van der Waals surface area contributed by atoms with E-state index in [1.165, 1.54) is 7.11 Å². The van der Waals surface area contributed by atoms with E-state index in [0.29, 0.717) is 19.4 Å². The van der Waals surface area contributed by atoms with Gasteiger partial charge in [-0.3, -0.25) is 19.2 Å². The highest BCUT2D eigenvalue weighted by atomic mass is 16.7. The Hall–Kier alpha value is -2.36. The summed E-state index contributed by atoms with van der Waals surface area (Å²) in [6.07, 6.45) is 0.777. The molecule has 7 N–H and O–H groups in total. The number of carbonyl (C=O) groups is 4. The lowest BCUT2D eigenvalue weighted by Crippen LogP contribution is -2.60. The van der Waals surface area contributed by atoms with Crippen LogP contribution in [0, 0.1) is 0 Å². The van der Waals surface area contributed by atoms with Gasteiger partial charge in [0.2, 0.25) is 11.8 Å². The number of unbranched alkanes of at least 4 members (excludes halogenated alkanes) is 8. The van der Waals surface area contributed by atoms with Gasteiger partial charge >= 0.3 is 11.9 Å². The number of carbonyl (C=O) groups excluding carboxylic acids is 3. The minimum Gasteiger partial charge on any atom is -0.481 e. The summed E-state index contributed by atoms with van der Waals surface area (Å²) in [5.41, 5.74) is 0. The van der Waals surface area contributed by atoms with E-state index < -0.39 is 74.2 Å². The fourth-order valence-electron chi connectivity index (χ4n) is 4.13. The predicted molar refractivity (Wildman–Crippen MR) is 140 cm³/mol. The van der Waals surface area contributed by atoms with Crippen molar-refractivity contribution in [3.8, 4) is 0 Å². The van der Waals surface area contributed by atoms with E-state index in [1.807, 2.05) is 0 Å². The smallest absolute Gasteiger partial charge is 0.305 e. The Kier molecular flexibility index (Phi) is 18.3. The number of esters is 1. The first-order valence-electron chi connectivity index (χ1n) is 13.9. The Balaban J connectivity index is 2.41. The fourth-order valence-corrected chi connectivity index (χ4v) is 4.13. The predicted octanol–water partition coefficient (Wildman–Crippen LogP) is -0.657. The van der Waals surface area contributed by atoms with E-state index in [0.717, 1.165) is 51.4 Å². The third-order valence-corrected chi connectivity index (χ3v) is 6.58. The molecular formula is C26H46N2O12. The van der Waals surface area contributed by atoms with Gasteiger partial charge in [0.1, 0.15) is 30.5 Å². The first kappa shape index (κ1) is 35.7. The second kappa shape index (κ2) is 20.5. The molecule has 1 aliphatic heterocycles. The van der Waals surface area contributed by atoms with E-state index in [4.69, 9.17) is 14.6 Å². The number of hydrogen-bond donors (Lipinski definition) is 7. The Morgan fingerprint density at radius 3 is 2.00 bits per heavy atom. The van der Waals surface area contributed by atoms with Crippen LogP contribution in [0.2, 0.25) is 0 Å². The maximum Gasteiger partial charge on any atom is 0.305 e. The number of nitrogens with one attached hydrogen (secondary N) is 2. The topological polar surface area (TPSA) is 221 Å². The van der Waals surface area contributed by atoms with Crippen LogP contribution in [-0.4, -0.2) is 113 Å². The summed E-state index contributed by atoms with van der Waals surface area (Å²) < 4.78 is 15.3. The number of carboxylic acids is 1. The van der Waals surface area contributed by atoms with Crippen molar-refractivity contribution in [2.24, 2.45) is 0 Å². The van der Waals surface area contributed by atoms with Crippen LogP contribution in [0.25, 0.3) is 0 Å². The van der Waals surface area contributed by atoms with Crippen LogP contribution >= 0.6 is 0 Å². The average molecular weight is 579 g/mol. The van der Waals surface area contributed by atoms with E-state index in [-0.39, 0.29) is 12.4 Å². The molecule has 1 aliphatic rings. The number of aliphatic hydroxyl groups excluding tert-OH is 4. The van der Waals surface area contributed by atoms with Gasteiger partial charge in [0, 0.05) is 19.4 Å². The first-order valence-corrected chi connectivity index (χ1v) is 13.9. The third-order valence-electron chi connectivity index (χ3n) is 6.58. The Morgan fingerprint density at radius 1 is 0.825 bits per heavy atom. The van der Waals surface area contributed by atoms with Crippen LogP contribution in [0.3, 0.4) is 0 Å². The molecule has 40 heavy (non-hydrogen) atoms. The summed E-state index contributed by atoms with van der Waals surface area (Å²) in [4.78, 5) is 46.7. The highest BCUT2D eigenvalue weighted by Crippen LogP contribution is 2.22. The van der Waals surface area contributed by atoms with E-state index in [9.17, 15) is 39.6 Å². The maximum absolute atomic E-state index is 12.7. The molecule has 0 aromatic heterocycles. The van der Waals surface area contributed by atoms with Crippen LogP contribution in [0.5, 0.6) is 0 Å². The van der Waals surface area contributed by atoms with Crippen LogP contribution < -0.4 is 10.6 Å². The van der Waals surface area contributed by atoms with E-state index in [2.05, 4.69) is 15.4 Å². The molecule has 14 heteroatoms. The number of rotatable bonds is 21. The highest BCUT2D eigenvalue weighted by Gasteiger charge is 2.44. The van der Waals surface area contributed by atoms with Gasteiger partial charge in [-0.2, -0.15) is 0 Å². The first-order chi connectivity index (χ1) is 19.1. The summed E-state index contributed by atoms with van der Waals surface area (Å²) in [5.74, 6) is -2.63. The number of hydrogen-bond acceptors (Lipinski definition) is 11. The number of aliphatic carboxylic acids is 1. The minimum absolute atomic E-state index is 0.180. The van der Waals surface area contributed by atoms with Gasteiger partial charge in [-0.15, -0.1) is 0 Å². The molecule has 14 nitrogen and oxygen atoms in total. The van der Waals surface area contributed by atoms with E-state index >= 15 is 0 Å². The van der Waals surface area contributed by atoms with Gasteiger partial charge in [0.15, 0.2) is 6.29 Å². The normalized spacial score (nSPS) is 23.3. The SMILES string of the molecule is COC(=O)CCCCCCCCCCCNC(=O)C(CO[C@@H]1O[C@H](CO)[C@H](O)[C@H](O)[C@H]1O)NC(=O)CCC(=O)O. The van der Waals surface area contributed by atoms with Crippen molar-refractivity contribution < 1.29 is 58.9 Å². The summed E-state index contributed by atoms with van der Waals surface area (Å²) >= 11 is 0. The zero-order valence-electron chi connectivity index (χ0n) is 23.2. The van der Waals surface area contributed by atoms with Crippen molar-refractivity contribution in [1.29, 1.82) is 0 Å². The lowest BCUT2D eigenvalue weighted by atomic mass is 9.99. The van der Waals surface area contributed by atoms with Crippen molar-refractivity contribution in [3.63, 3.8) is 0 Å². The van der Waals surface area contributed by atoms with Gasteiger partial charge in [-0.1, -0.05) is 44.9 Å². The molecule has 0 spiro atoms. The zero-order chi connectivity index (χ0) is 29.9. The molecule has 1 fully saturated rings. The molecule has 1 heterocycles. The van der Waals surface area contributed by atoms with Gasteiger partial charge < -0.3 is 50.4 Å².